The van der Waals surface area contributed by atoms with Gasteiger partial charge in [-0.2, -0.15) is 4.98 Å². The van der Waals surface area contributed by atoms with E-state index in [0.717, 1.165) is 43.5 Å². The van der Waals surface area contributed by atoms with Gasteiger partial charge >= 0.3 is 0 Å². The van der Waals surface area contributed by atoms with Crippen LogP contribution in [-0.2, 0) is 0 Å². The molecule has 25 heavy (non-hydrogen) atoms. The lowest BCUT2D eigenvalue weighted by Crippen LogP contribution is -2.47. The van der Waals surface area contributed by atoms with Gasteiger partial charge in [-0.15, -0.1) is 0 Å². The lowest BCUT2D eigenvalue weighted by Gasteiger charge is -2.39. The first kappa shape index (κ1) is 16.7. The molecule has 5 nitrogen and oxygen atoms in total. The molecule has 6 heteroatoms. The molecule has 0 radical (unpaired) electrons. The molecule has 1 aromatic heterocycles. The number of rotatable bonds is 5. The number of nitrogens with zero attached hydrogens (tertiary/aromatic N) is 4. The molecule has 2 fully saturated rings. The van der Waals surface area contributed by atoms with Crippen molar-refractivity contribution in [1.82, 2.24) is 19.9 Å². The van der Waals surface area contributed by atoms with Crippen molar-refractivity contribution in [1.29, 1.82) is 0 Å². The predicted molar refractivity (Wildman–Crippen MR) is 92.6 cm³/mol. The fourth-order valence-corrected chi connectivity index (χ4v) is 3.54. The molecule has 2 atom stereocenters. The third-order valence-electron chi connectivity index (χ3n) is 5.55. The van der Waals surface area contributed by atoms with Gasteiger partial charge in [0.05, 0.1) is 6.04 Å². The van der Waals surface area contributed by atoms with Crippen molar-refractivity contribution in [3.05, 3.63) is 47.4 Å². The first-order valence-electron chi connectivity index (χ1n) is 9.19. The minimum Gasteiger partial charge on any atom is -0.338 e. The summed E-state index contributed by atoms with van der Waals surface area (Å²) < 4.78 is 18.6. The van der Waals surface area contributed by atoms with Crippen LogP contribution in [0.1, 0.15) is 62.0 Å². The van der Waals surface area contributed by atoms with Gasteiger partial charge in [0, 0.05) is 38.1 Å². The summed E-state index contributed by atoms with van der Waals surface area (Å²) in [6, 6.07) is 7.29. The van der Waals surface area contributed by atoms with Gasteiger partial charge in [-0.3, -0.25) is 9.80 Å². The Morgan fingerprint density at radius 3 is 2.20 bits per heavy atom. The maximum absolute atomic E-state index is 13.1. The van der Waals surface area contributed by atoms with Gasteiger partial charge in [-0.25, -0.2) is 4.39 Å². The van der Waals surface area contributed by atoms with Gasteiger partial charge in [-0.05, 0) is 44.4 Å². The summed E-state index contributed by atoms with van der Waals surface area (Å²) in [7, 11) is 0. The highest BCUT2D eigenvalue weighted by molar-refractivity contribution is 5.19. The van der Waals surface area contributed by atoms with E-state index in [-0.39, 0.29) is 11.9 Å². The minimum atomic E-state index is -0.181. The summed E-state index contributed by atoms with van der Waals surface area (Å²) in [5.74, 6) is 1.96. The van der Waals surface area contributed by atoms with Gasteiger partial charge in [0.25, 0.3) is 0 Å². The molecule has 2 aromatic rings. The van der Waals surface area contributed by atoms with Crippen LogP contribution in [0.25, 0.3) is 0 Å². The van der Waals surface area contributed by atoms with Crippen LogP contribution in [0.2, 0.25) is 0 Å². The van der Waals surface area contributed by atoms with E-state index in [4.69, 9.17) is 4.52 Å². The largest absolute Gasteiger partial charge is 0.338 e. The summed E-state index contributed by atoms with van der Waals surface area (Å²) in [5.41, 5.74) is 1.16. The molecule has 0 N–H and O–H groups in total. The summed E-state index contributed by atoms with van der Waals surface area (Å²) >= 11 is 0. The Balaban J connectivity index is 1.34. The summed E-state index contributed by atoms with van der Waals surface area (Å²) in [6.45, 7) is 8.22. The highest BCUT2D eigenvalue weighted by Gasteiger charge is 2.32. The second-order valence-corrected chi connectivity index (χ2v) is 7.24. The van der Waals surface area contributed by atoms with E-state index >= 15 is 0 Å². The molecule has 1 aromatic carbocycles. The number of hydrogen-bond donors (Lipinski definition) is 0. The van der Waals surface area contributed by atoms with Crippen LogP contribution in [0.5, 0.6) is 0 Å². The Morgan fingerprint density at radius 1 is 1.00 bits per heavy atom. The Kier molecular flexibility index (Phi) is 4.56. The van der Waals surface area contributed by atoms with Crippen molar-refractivity contribution in [2.75, 3.05) is 26.2 Å². The molecule has 4 rings (SSSR count). The predicted octanol–water partition coefficient (Wildman–Crippen LogP) is 3.53. The topological polar surface area (TPSA) is 45.4 Å². The van der Waals surface area contributed by atoms with Crippen molar-refractivity contribution in [3.8, 4) is 0 Å². The van der Waals surface area contributed by atoms with Gasteiger partial charge in [-0.1, -0.05) is 17.3 Å². The number of hydrogen-bond acceptors (Lipinski definition) is 5. The molecule has 2 heterocycles. The zero-order valence-electron chi connectivity index (χ0n) is 14.9. The second-order valence-electron chi connectivity index (χ2n) is 7.24. The van der Waals surface area contributed by atoms with Gasteiger partial charge < -0.3 is 4.52 Å². The molecule has 0 spiro atoms. The summed E-state index contributed by atoms with van der Waals surface area (Å²) in [5, 5.41) is 4.13. The molecule has 0 bridgehead atoms. The van der Waals surface area contributed by atoms with Crippen molar-refractivity contribution < 1.29 is 8.91 Å². The number of aromatic nitrogens is 2. The minimum absolute atomic E-state index is 0.156. The fourth-order valence-electron chi connectivity index (χ4n) is 3.54. The quantitative estimate of drug-likeness (QED) is 0.830. The van der Waals surface area contributed by atoms with Crippen LogP contribution in [0.4, 0.5) is 4.39 Å². The van der Waals surface area contributed by atoms with Crippen molar-refractivity contribution in [2.24, 2.45) is 0 Å². The van der Waals surface area contributed by atoms with E-state index in [1.54, 1.807) is 0 Å². The molecule has 0 unspecified atom stereocenters. The zero-order valence-corrected chi connectivity index (χ0v) is 14.9. The maximum Gasteiger partial charge on any atom is 0.243 e. The monoisotopic (exact) mass is 344 g/mol. The van der Waals surface area contributed by atoms with Crippen LogP contribution >= 0.6 is 0 Å². The van der Waals surface area contributed by atoms with E-state index in [2.05, 4.69) is 33.8 Å². The van der Waals surface area contributed by atoms with E-state index in [1.807, 2.05) is 12.1 Å². The standard InChI is InChI=1S/C19H25FN4O/c1-13(15-5-7-17(20)8-6-15)23-9-11-24(12-10-23)14(2)19-21-18(22-25-19)16-3-4-16/h5-8,13-14,16H,3-4,9-12H2,1-2H3/t13-,14+/m1/s1. The van der Waals surface area contributed by atoms with Crippen LogP contribution in [0.3, 0.4) is 0 Å². The Hall–Kier alpha value is -1.79. The smallest absolute Gasteiger partial charge is 0.243 e. The highest BCUT2D eigenvalue weighted by Crippen LogP contribution is 2.38. The molecule has 1 aliphatic heterocycles. The molecule has 1 saturated carbocycles. The van der Waals surface area contributed by atoms with E-state index in [0.29, 0.717) is 12.0 Å². The van der Waals surface area contributed by atoms with Crippen LogP contribution in [0.15, 0.2) is 28.8 Å². The first-order chi connectivity index (χ1) is 12.1. The van der Waals surface area contributed by atoms with Crippen molar-refractivity contribution in [2.45, 2.75) is 44.7 Å². The number of halogens is 1. The van der Waals surface area contributed by atoms with E-state index in [9.17, 15) is 4.39 Å². The Labute approximate surface area is 147 Å². The molecule has 2 aliphatic rings. The average Bonchev–Trinajstić information content (AvgIpc) is 3.38. The Bertz CT molecular complexity index is 704. The van der Waals surface area contributed by atoms with E-state index in [1.165, 1.54) is 25.0 Å². The van der Waals surface area contributed by atoms with Crippen LogP contribution in [0, 0.1) is 5.82 Å². The molecule has 0 amide bonds. The highest BCUT2D eigenvalue weighted by atomic mass is 19.1. The SMILES string of the molecule is C[C@H](c1ccc(F)cc1)N1CCN([C@@H](C)c2nc(C3CC3)no2)CC1. The van der Waals surface area contributed by atoms with Crippen molar-refractivity contribution >= 4 is 0 Å². The molecule has 1 saturated heterocycles. The molecule has 134 valence electrons. The first-order valence-corrected chi connectivity index (χ1v) is 9.19. The third-order valence-corrected chi connectivity index (χ3v) is 5.55. The second kappa shape index (κ2) is 6.84. The lowest BCUT2D eigenvalue weighted by atomic mass is 10.1. The summed E-state index contributed by atoms with van der Waals surface area (Å²) in [4.78, 5) is 9.43. The van der Waals surface area contributed by atoms with Crippen LogP contribution in [-0.4, -0.2) is 46.1 Å². The molecule has 1 aliphatic carbocycles. The zero-order chi connectivity index (χ0) is 17.4. The summed E-state index contributed by atoms with van der Waals surface area (Å²) in [6.07, 6.45) is 2.38. The average molecular weight is 344 g/mol. The van der Waals surface area contributed by atoms with Gasteiger partial charge in [0.2, 0.25) is 5.89 Å². The van der Waals surface area contributed by atoms with Gasteiger partial charge in [0.15, 0.2) is 5.82 Å². The molecular formula is C19H25FN4O. The Morgan fingerprint density at radius 2 is 1.60 bits per heavy atom. The number of benzene rings is 1. The maximum atomic E-state index is 13.1. The van der Waals surface area contributed by atoms with E-state index < -0.39 is 0 Å². The molecular weight excluding hydrogens is 319 g/mol. The fraction of sp³-hybridized carbons (Fsp3) is 0.579. The normalized spacial score (nSPS) is 22.0. The van der Waals surface area contributed by atoms with Crippen molar-refractivity contribution in [3.63, 3.8) is 0 Å². The number of piperazine rings is 1. The van der Waals surface area contributed by atoms with Gasteiger partial charge in [0.1, 0.15) is 5.82 Å². The van der Waals surface area contributed by atoms with Crippen LogP contribution < -0.4 is 0 Å². The lowest BCUT2D eigenvalue weighted by molar-refractivity contribution is 0.0677. The third kappa shape index (κ3) is 3.60.